The smallest absolute Gasteiger partial charge is 0.341 e. The van der Waals surface area contributed by atoms with Crippen molar-refractivity contribution < 1.29 is 19.2 Å². The average Bonchev–Trinajstić information content (AvgIpc) is 2.77. The maximum Gasteiger partial charge on any atom is 0.341 e. The second-order valence-corrected chi connectivity index (χ2v) is 4.08. The van der Waals surface area contributed by atoms with Gasteiger partial charge in [0.25, 0.3) is 0 Å². The molecule has 0 N–H and O–H groups in total. The summed E-state index contributed by atoms with van der Waals surface area (Å²) in [7, 11) is 1.42. The first-order chi connectivity index (χ1) is 9.13. The lowest BCUT2D eigenvalue weighted by Gasteiger charge is -2.12. The fourth-order valence-corrected chi connectivity index (χ4v) is 2.16. The molecule has 0 aromatic carbocycles. The van der Waals surface area contributed by atoms with E-state index in [1.54, 1.807) is 12.9 Å². The van der Waals surface area contributed by atoms with E-state index in [0.29, 0.717) is 11.3 Å². The van der Waals surface area contributed by atoms with Gasteiger partial charge in [-0.05, 0) is 6.92 Å². The van der Waals surface area contributed by atoms with Gasteiger partial charge in [0.2, 0.25) is 0 Å². The summed E-state index contributed by atoms with van der Waals surface area (Å²) in [6.45, 7) is 2.20. The predicted octanol–water partition coefficient (Wildman–Crippen LogP) is 1.46. The molecule has 0 radical (unpaired) electrons. The fraction of sp³-hybridized carbons (Fsp3) is 0.333. The Balaban J connectivity index is 2.53. The molecule has 19 heavy (non-hydrogen) atoms. The van der Waals surface area contributed by atoms with E-state index >= 15 is 0 Å². The number of pyridine rings is 1. The number of halogens is 1. The molecular weight excluding hydrogens is 272 g/mol. The molecule has 0 fully saturated rings. The monoisotopic (exact) mass is 282 g/mol. The highest BCUT2D eigenvalue weighted by molar-refractivity contribution is 6.35. The topological polar surface area (TPSA) is 68.7 Å². The standard InChI is InChI=1S/C12H11ClN2O4/c1-3-19-12(17)7-4-14-8-5-15(18-2)9(6-16)10(8)11(7)13/h4H,3,5H2,1-2H3. The van der Waals surface area contributed by atoms with Crippen LogP contribution in [-0.4, -0.2) is 35.7 Å². The van der Waals surface area contributed by atoms with Crippen molar-refractivity contribution in [3.63, 3.8) is 0 Å². The van der Waals surface area contributed by atoms with Gasteiger partial charge in [-0.1, -0.05) is 11.6 Å². The lowest BCUT2D eigenvalue weighted by molar-refractivity contribution is -0.0772. The Labute approximate surface area is 114 Å². The van der Waals surface area contributed by atoms with Crippen LogP contribution in [0.2, 0.25) is 5.02 Å². The van der Waals surface area contributed by atoms with Crippen LogP contribution in [0.15, 0.2) is 6.20 Å². The Morgan fingerprint density at radius 1 is 1.63 bits per heavy atom. The highest BCUT2D eigenvalue weighted by Crippen LogP contribution is 2.36. The van der Waals surface area contributed by atoms with Crippen LogP contribution in [-0.2, 0) is 20.9 Å². The Hall–Kier alpha value is -1.88. The van der Waals surface area contributed by atoms with Crippen molar-refractivity contribution in [2.45, 2.75) is 13.5 Å². The lowest BCUT2D eigenvalue weighted by Crippen LogP contribution is -2.13. The minimum Gasteiger partial charge on any atom is -0.462 e. The molecule has 0 saturated heterocycles. The van der Waals surface area contributed by atoms with Crippen molar-refractivity contribution in [1.82, 2.24) is 10.0 Å². The van der Waals surface area contributed by atoms with Crippen LogP contribution in [0, 0.1) is 0 Å². The zero-order chi connectivity index (χ0) is 14.0. The number of fused-ring (bicyclic) bond motifs is 1. The second kappa shape index (κ2) is 5.40. The number of esters is 1. The Kier molecular flexibility index (Phi) is 3.85. The third-order valence-corrected chi connectivity index (χ3v) is 3.08. The van der Waals surface area contributed by atoms with Gasteiger partial charge in [-0.3, -0.25) is 9.82 Å². The molecule has 0 bridgehead atoms. The Bertz CT molecular complexity index is 581. The number of hydroxylamine groups is 2. The van der Waals surface area contributed by atoms with Crippen molar-refractivity contribution in [2.24, 2.45) is 0 Å². The van der Waals surface area contributed by atoms with Gasteiger partial charge < -0.3 is 4.74 Å². The van der Waals surface area contributed by atoms with E-state index in [9.17, 15) is 9.59 Å². The van der Waals surface area contributed by atoms with Crippen LogP contribution in [0.5, 0.6) is 0 Å². The van der Waals surface area contributed by atoms with Gasteiger partial charge in [0.15, 0.2) is 11.6 Å². The van der Waals surface area contributed by atoms with Gasteiger partial charge in [-0.25, -0.2) is 14.7 Å². The molecule has 1 aromatic rings. The average molecular weight is 283 g/mol. The van der Waals surface area contributed by atoms with Crippen molar-refractivity contribution in [2.75, 3.05) is 13.7 Å². The summed E-state index contributed by atoms with van der Waals surface area (Å²) in [5.74, 6) is 1.17. The van der Waals surface area contributed by atoms with E-state index in [1.807, 2.05) is 0 Å². The molecule has 0 atom stereocenters. The maximum absolute atomic E-state index is 11.7. The Morgan fingerprint density at radius 2 is 2.37 bits per heavy atom. The summed E-state index contributed by atoms with van der Waals surface area (Å²) >= 11 is 6.16. The van der Waals surface area contributed by atoms with Crippen LogP contribution in [0.25, 0.3) is 5.70 Å². The van der Waals surface area contributed by atoms with E-state index in [4.69, 9.17) is 21.2 Å². The van der Waals surface area contributed by atoms with Crippen LogP contribution >= 0.6 is 11.6 Å². The molecule has 2 heterocycles. The quantitative estimate of drug-likeness (QED) is 0.617. The zero-order valence-electron chi connectivity index (χ0n) is 10.4. The van der Waals surface area contributed by atoms with E-state index in [0.717, 1.165) is 0 Å². The lowest BCUT2D eigenvalue weighted by atomic mass is 10.1. The van der Waals surface area contributed by atoms with Gasteiger partial charge in [0, 0.05) is 6.20 Å². The van der Waals surface area contributed by atoms with Crippen molar-refractivity contribution in [3.05, 3.63) is 28.0 Å². The van der Waals surface area contributed by atoms with Crippen molar-refractivity contribution >= 4 is 29.2 Å². The van der Waals surface area contributed by atoms with Crippen LogP contribution < -0.4 is 0 Å². The molecule has 1 aliphatic heterocycles. The Morgan fingerprint density at radius 3 is 2.95 bits per heavy atom. The molecule has 7 heteroatoms. The number of hydrogen-bond acceptors (Lipinski definition) is 6. The molecule has 0 spiro atoms. The summed E-state index contributed by atoms with van der Waals surface area (Å²) in [5.41, 5.74) is 1.16. The van der Waals surface area contributed by atoms with E-state index < -0.39 is 5.97 Å². The number of ether oxygens (including phenoxy) is 1. The molecule has 1 aliphatic rings. The summed E-state index contributed by atoms with van der Waals surface area (Å²) in [5, 5.41) is 1.44. The first-order valence-electron chi connectivity index (χ1n) is 5.55. The number of aromatic nitrogens is 1. The van der Waals surface area contributed by atoms with Gasteiger partial charge in [-0.2, -0.15) is 0 Å². The first-order valence-corrected chi connectivity index (χ1v) is 5.93. The van der Waals surface area contributed by atoms with Gasteiger partial charge in [0.1, 0.15) is 0 Å². The molecule has 2 rings (SSSR count). The first kappa shape index (κ1) is 13.5. The minimum atomic E-state index is -0.580. The normalized spacial score (nSPS) is 13.2. The van der Waals surface area contributed by atoms with Crippen molar-refractivity contribution in [1.29, 1.82) is 0 Å². The SMILES string of the molecule is CCOC(=O)c1cnc2c(c1Cl)C(=C=O)N(OC)C2. The third kappa shape index (κ3) is 2.21. The fourth-order valence-electron chi connectivity index (χ4n) is 1.83. The van der Waals surface area contributed by atoms with Gasteiger partial charge in [0.05, 0.1) is 42.1 Å². The molecule has 0 saturated carbocycles. The van der Waals surface area contributed by atoms with Crippen LogP contribution in [0.1, 0.15) is 28.5 Å². The molecule has 0 unspecified atom stereocenters. The van der Waals surface area contributed by atoms with E-state index in [2.05, 4.69) is 4.98 Å². The summed E-state index contributed by atoms with van der Waals surface area (Å²) in [6.07, 6.45) is 1.33. The molecule has 100 valence electrons. The number of rotatable bonds is 3. The summed E-state index contributed by atoms with van der Waals surface area (Å²) < 4.78 is 4.87. The van der Waals surface area contributed by atoms with Gasteiger partial charge in [-0.15, -0.1) is 0 Å². The third-order valence-electron chi connectivity index (χ3n) is 2.69. The van der Waals surface area contributed by atoms with Crippen LogP contribution in [0.3, 0.4) is 0 Å². The minimum absolute atomic E-state index is 0.118. The second-order valence-electron chi connectivity index (χ2n) is 3.70. The van der Waals surface area contributed by atoms with E-state index in [1.165, 1.54) is 18.4 Å². The number of carbonyl (C=O) groups excluding carboxylic acids is 2. The maximum atomic E-state index is 11.7. The zero-order valence-corrected chi connectivity index (χ0v) is 11.2. The molecule has 0 aliphatic carbocycles. The molecule has 1 aromatic heterocycles. The summed E-state index contributed by atoms with van der Waals surface area (Å²) in [6, 6.07) is 0. The number of hydrogen-bond donors (Lipinski definition) is 0. The molecule has 6 nitrogen and oxygen atoms in total. The highest BCUT2D eigenvalue weighted by atomic mass is 35.5. The van der Waals surface area contributed by atoms with Crippen LogP contribution in [0.4, 0.5) is 0 Å². The molecule has 0 amide bonds. The number of carbonyl (C=O) groups is 1. The van der Waals surface area contributed by atoms with Crippen molar-refractivity contribution in [3.8, 4) is 0 Å². The summed E-state index contributed by atoms with van der Waals surface area (Å²) in [4.78, 5) is 31.9. The molecular formula is C12H11ClN2O4. The highest BCUT2D eigenvalue weighted by Gasteiger charge is 2.32. The predicted molar refractivity (Wildman–Crippen MR) is 66.9 cm³/mol. The van der Waals surface area contributed by atoms with E-state index in [-0.39, 0.29) is 29.4 Å². The van der Waals surface area contributed by atoms with Gasteiger partial charge >= 0.3 is 5.97 Å². The number of nitrogens with zero attached hydrogens (tertiary/aromatic N) is 2. The largest absolute Gasteiger partial charge is 0.462 e.